The van der Waals surface area contributed by atoms with Crippen LogP contribution in [0.2, 0.25) is 0 Å². The van der Waals surface area contributed by atoms with E-state index in [-0.39, 0.29) is 18.1 Å². The van der Waals surface area contributed by atoms with E-state index in [0.29, 0.717) is 11.6 Å². The standard InChI is InChI=1S/C23H24N6O2/c1-13(30)18-7-8-25-23(28-18)29-21-11-14(5-6-15(21)12-26-29)19-3-2-4-20(27-19)22(24)16-9-17(31)10-16/h2-8,11-13,16-17,22,30-31H,9-10,24H2,1H3/t13?,16?,17?,22-/m0/s1. The van der Waals surface area contributed by atoms with Crippen LogP contribution in [-0.2, 0) is 0 Å². The Hall–Kier alpha value is -3.20. The van der Waals surface area contributed by atoms with Gasteiger partial charge in [-0.2, -0.15) is 9.78 Å². The maximum Gasteiger partial charge on any atom is 0.251 e. The molecule has 1 aromatic carbocycles. The minimum atomic E-state index is -0.688. The number of fused-ring (bicyclic) bond motifs is 1. The van der Waals surface area contributed by atoms with Crippen molar-refractivity contribution in [2.75, 3.05) is 0 Å². The fourth-order valence-electron chi connectivity index (χ4n) is 4.00. The van der Waals surface area contributed by atoms with Crippen LogP contribution in [0, 0.1) is 5.92 Å². The summed E-state index contributed by atoms with van der Waals surface area (Å²) in [5.74, 6) is 0.665. The molecule has 2 atom stereocenters. The Morgan fingerprint density at radius 3 is 2.71 bits per heavy atom. The van der Waals surface area contributed by atoms with Crippen molar-refractivity contribution in [1.29, 1.82) is 0 Å². The number of aromatic nitrogens is 5. The first-order valence-corrected chi connectivity index (χ1v) is 10.4. The number of rotatable bonds is 5. The van der Waals surface area contributed by atoms with Gasteiger partial charge in [0.1, 0.15) is 0 Å². The number of aliphatic hydroxyl groups is 2. The second kappa shape index (κ2) is 7.81. The van der Waals surface area contributed by atoms with Crippen LogP contribution in [0.4, 0.5) is 0 Å². The van der Waals surface area contributed by atoms with E-state index in [4.69, 9.17) is 10.7 Å². The molecular weight excluding hydrogens is 392 g/mol. The minimum Gasteiger partial charge on any atom is -0.393 e. The first-order chi connectivity index (χ1) is 15.0. The molecule has 31 heavy (non-hydrogen) atoms. The number of hydrogen-bond acceptors (Lipinski definition) is 7. The highest BCUT2D eigenvalue weighted by Crippen LogP contribution is 2.36. The number of pyridine rings is 1. The van der Waals surface area contributed by atoms with Gasteiger partial charge in [-0.1, -0.05) is 18.2 Å². The molecule has 1 unspecified atom stereocenters. The van der Waals surface area contributed by atoms with Gasteiger partial charge in [0.15, 0.2) is 0 Å². The average Bonchev–Trinajstić information content (AvgIpc) is 3.20. The van der Waals surface area contributed by atoms with E-state index in [1.807, 2.05) is 36.4 Å². The summed E-state index contributed by atoms with van der Waals surface area (Å²) in [6.07, 6.45) is 3.90. The van der Waals surface area contributed by atoms with Crippen LogP contribution in [0.1, 0.15) is 43.3 Å². The number of nitrogens with two attached hydrogens (primary N) is 1. The van der Waals surface area contributed by atoms with Crippen LogP contribution < -0.4 is 5.73 Å². The van der Waals surface area contributed by atoms with Gasteiger partial charge in [0, 0.05) is 17.1 Å². The normalized spacial score (nSPS) is 20.4. The zero-order valence-corrected chi connectivity index (χ0v) is 17.1. The molecule has 5 rings (SSSR count). The molecule has 0 bridgehead atoms. The third-order valence-electron chi connectivity index (χ3n) is 5.92. The lowest BCUT2D eigenvalue weighted by molar-refractivity contribution is 0.0302. The molecule has 4 N–H and O–H groups in total. The lowest BCUT2D eigenvalue weighted by atomic mass is 9.76. The van der Waals surface area contributed by atoms with E-state index in [1.54, 1.807) is 30.1 Å². The molecule has 3 heterocycles. The second-order valence-corrected chi connectivity index (χ2v) is 8.15. The van der Waals surface area contributed by atoms with Gasteiger partial charge < -0.3 is 15.9 Å². The van der Waals surface area contributed by atoms with Crippen molar-refractivity contribution in [2.45, 2.75) is 38.0 Å². The molecule has 0 radical (unpaired) electrons. The van der Waals surface area contributed by atoms with Gasteiger partial charge in [0.2, 0.25) is 0 Å². The molecule has 0 amide bonds. The Kier molecular flexibility index (Phi) is 4.97. The monoisotopic (exact) mass is 416 g/mol. The molecule has 8 heteroatoms. The number of hydrogen-bond donors (Lipinski definition) is 3. The summed E-state index contributed by atoms with van der Waals surface area (Å²) in [6.45, 7) is 1.67. The highest BCUT2D eigenvalue weighted by molar-refractivity contribution is 5.84. The van der Waals surface area contributed by atoms with E-state index in [9.17, 15) is 10.2 Å². The predicted molar refractivity (Wildman–Crippen MR) is 116 cm³/mol. The van der Waals surface area contributed by atoms with Gasteiger partial charge >= 0.3 is 0 Å². The summed E-state index contributed by atoms with van der Waals surface area (Å²) in [5, 5.41) is 24.8. The van der Waals surface area contributed by atoms with Gasteiger partial charge in [-0.15, -0.1) is 0 Å². The third-order valence-corrected chi connectivity index (χ3v) is 5.92. The molecule has 158 valence electrons. The zero-order chi connectivity index (χ0) is 21.5. The van der Waals surface area contributed by atoms with Crippen LogP contribution in [0.5, 0.6) is 0 Å². The van der Waals surface area contributed by atoms with Crippen molar-refractivity contribution in [3.8, 4) is 17.2 Å². The molecule has 8 nitrogen and oxygen atoms in total. The molecular formula is C23H24N6O2. The van der Waals surface area contributed by atoms with Crippen molar-refractivity contribution in [3.63, 3.8) is 0 Å². The molecule has 1 aliphatic carbocycles. The van der Waals surface area contributed by atoms with Gasteiger partial charge in [0.05, 0.1) is 47.0 Å². The van der Waals surface area contributed by atoms with Gasteiger partial charge in [-0.3, -0.25) is 4.98 Å². The fraction of sp³-hybridized carbons (Fsp3) is 0.304. The minimum absolute atomic E-state index is 0.186. The lowest BCUT2D eigenvalue weighted by Crippen LogP contribution is -2.36. The lowest BCUT2D eigenvalue weighted by Gasteiger charge is -2.35. The summed E-state index contributed by atoms with van der Waals surface area (Å²) in [7, 11) is 0. The summed E-state index contributed by atoms with van der Waals surface area (Å²) in [4.78, 5) is 13.6. The molecule has 3 aromatic heterocycles. The van der Waals surface area contributed by atoms with Crippen molar-refractivity contribution in [2.24, 2.45) is 11.7 Å². The van der Waals surface area contributed by atoms with Gasteiger partial charge in [-0.05, 0) is 49.9 Å². The molecule has 4 aromatic rings. The van der Waals surface area contributed by atoms with Crippen LogP contribution in [0.15, 0.2) is 54.9 Å². The third kappa shape index (κ3) is 3.69. The maximum absolute atomic E-state index is 9.85. The SMILES string of the molecule is CC(O)c1ccnc(-n2ncc3ccc(-c4cccc([C@@H](N)C5CC(O)C5)n4)cc32)n1. The molecule has 0 spiro atoms. The van der Waals surface area contributed by atoms with E-state index in [0.717, 1.165) is 40.7 Å². The van der Waals surface area contributed by atoms with Crippen molar-refractivity contribution >= 4 is 10.9 Å². The summed E-state index contributed by atoms with van der Waals surface area (Å²) < 4.78 is 1.66. The molecule has 1 saturated carbocycles. The van der Waals surface area contributed by atoms with Gasteiger partial charge in [0.25, 0.3) is 5.95 Å². The number of aliphatic hydroxyl groups excluding tert-OH is 2. The average molecular weight is 416 g/mol. The molecule has 0 aliphatic heterocycles. The smallest absolute Gasteiger partial charge is 0.251 e. The Morgan fingerprint density at radius 2 is 1.94 bits per heavy atom. The predicted octanol–water partition coefficient (Wildman–Crippen LogP) is 2.70. The van der Waals surface area contributed by atoms with Crippen LogP contribution in [0.25, 0.3) is 28.1 Å². The van der Waals surface area contributed by atoms with E-state index < -0.39 is 6.10 Å². The molecule has 0 saturated heterocycles. The largest absolute Gasteiger partial charge is 0.393 e. The quantitative estimate of drug-likeness (QED) is 0.457. The van der Waals surface area contributed by atoms with E-state index >= 15 is 0 Å². The first-order valence-electron chi connectivity index (χ1n) is 10.4. The molecule has 1 aliphatic rings. The number of benzene rings is 1. The summed E-state index contributed by atoms with van der Waals surface area (Å²) in [6, 6.07) is 13.4. The van der Waals surface area contributed by atoms with E-state index in [2.05, 4.69) is 15.1 Å². The topological polar surface area (TPSA) is 123 Å². The van der Waals surface area contributed by atoms with Crippen molar-refractivity contribution in [3.05, 3.63) is 66.2 Å². The van der Waals surface area contributed by atoms with Crippen LogP contribution in [0.3, 0.4) is 0 Å². The van der Waals surface area contributed by atoms with Crippen molar-refractivity contribution in [1.82, 2.24) is 24.7 Å². The van der Waals surface area contributed by atoms with Crippen LogP contribution in [-0.4, -0.2) is 41.0 Å². The number of nitrogens with zero attached hydrogens (tertiary/aromatic N) is 5. The van der Waals surface area contributed by atoms with Crippen LogP contribution >= 0.6 is 0 Å². The van der Waals surface area contributed by atoms with Gasteiger partial charge in [-0.25, -0.2) is 9.97 Å². The Balaban J connectivity index is 1.51. The molecule has 1 fully saturated rings. The fourth-order valence-corrected chi connectivity index (χ4v) is 4.00. The first kappa shape index (κ1) is 19.7. The highest BCUT2D eigenvalue weighted by Gasteiger charge is 2.33. The Morgan fingerprint density at radius 1 is 1.10 bits per heavy atom. The summed E-state index contributed by atoms with van der Waals surface area (Å²) >= 11 is 0. The zero-order valence-electron chi connectivity index (χ0n) is 17.1. The summed E-state index contributed by atoms with van der Waals surface area (Å²) in [5.41, 5.74) is 10.4. The second-order valence-electron chi connectivity index (χ2n) is 8.15. The van der Waals surface area contributed by atoms with E-state index in [1.165, 1.54) is 0 Å². The maximum atomic E-state index is 9.85. The Labute approximate surface area is 179 Å². The van der Waals surface area contributed by atoms with Crippen molar-refractivity contribution < 1.29 is 10.2 Å². The Bertz CT molecular complexity index is 1230. The highest BCUT2D eigenvalue weighted by atomic mass is 16.3.